The number of benzene rings is 2. The Kier molecular flexibility index (Phi) is 8.67. The Morgan fingerprint density at radius 2 is 1.86 bits per heavy atom. The van der Waals surface area contributed by atoms with Crippen molar-refractivity contribution in [1.82, 2.24) is 9.88 Å². The smallest absolute Gasteiger partial charge is 0.261 e. The molecule has 1 aromatic heterocycles. The van der Waals surface area contributed by atoms with Gasteiger partial charge in [-0.2, -0.15) is 0 Å². The van der Waals surface area contributed by atoms with Gasteiger partial charge < -0.3 is 4.90 Å². The molecule has 1 amide bonds. The molecule has 3 aromatic rings. The number of carbonyl (C=O) groups is 1. The number of carbonyl (C=O) groups excluding carboxylic acids is 1. The summed E-state index contributed by atoms with van der Waals surface area (Å²) in [5, 5.41) is 1.18. The van der Waals surface area contributed by atoms with Crippen LogP contribution in [0.5, 0.6) is 0 Å². The molecule has 0 saturated heterocycles. The molecule has 0 unspecified atom stereocenters. The molecule has 0 bridgehead atoms. The molecule has 0 fully saturated rings. The van der Waals surface area contributed by atoms with E-state index < -0.39 is 5.82 Å². The van der Waals surface area contributed by atoms with Crippen LogP contribution in [0.2, 0.25) is 10.0 Å². The highest BCUT2D eigenvalue weighted by Crippen LogP contribution is 2.32. The number of nitrogens with zero attached hydrogens (tertiary/aromatic N) is 3. The Labute approximate surface area is 189 Å². The van der Waals surface area contributed by atoms with Crippen LogP contribution in [0.4, 0.5) is 9.52 Å². The van der Waals surface area contributed by atoms with E-state index in [0.29, 0.717) is 38.5 Å². The summed E-state index contributed by atoms with van der Waals surface area (Å²) in [6.45, 7) is 6.93. The third-order valence-electron chi connectivity index (χ3n) is 4.53. The van der Waals surface area contributed by atoms with Crippen LogP contribution in [0.25, 0.3) is 10.2 Å². The van der Waals surface area contributed by atoms with Gasteiger partial charge in [0.15, 0.2) is 5.13 Å². The SMILES string of the molecule is CCN(CC)CCN(C(=O)c1cc(Cl)ccc1Cl)c1nc2c(F)cccc2s1.Cl. The van der Waals surface area contributed by atoms with E-state index >= 15 is 0 Å². The first-order valence-corrected chi connectivity index (χ1v) is 10.6. The Balaban J connectivity index is 0.00000300. The molecule has 9 heteroatoms. The van der Waals surface area contributed by atoms with Crippen LogP contribution in [-0.2, 0) is 0 Å². The summed E-state index contributed by atoms with van der Waals surface area (Å²) in [5.41, 5.74) is 0.564. The number of para-hydroxylation sites is 1. The highest BCUT2D eigenvalue weighted by molar-refractivity contribution is 7.22. The highest BCUT2D eigenvalue weighted by Gasteiger charge is 2.24. The van der Waals surface area contributed by atoms with Crippen molar-refractivity contribution >= 4 is 68.2 Å². The van der Waals surface area contributed by atoms with Gasteiger partial charge in [0, 0.05) is 18.1 Å². The van der Waals surface area contributed by atoms with Crippen molar-refractivity contribution in [2.24, 2.45) is 0 Å². The quantitative estimate of drug-likeness (QED) is 0.410. The second-order valence-electron chi connectivity index (χ2n) is 6.19. The molecular formula is C20H21Cl3FN3OS. The Bertz CT molecular complexity index is 994. The lowest BCUT2D eigenvalue weighted by molar-refractivity contribution is 0.0984. The second kappa shape index (κ2) is 10.5. The van der Waals surface area contributed by atoms with Gasteiger partial charge in [-0.05, 0) is 43.4 Å². The lowest BCUT2D eigenvalue weighted by atomic mass is 10.2. The fraction of sp³-hybridized carbons (Fsp3) is 0.300. The standard InChI is InChI=1S/C20H20Cl2FN3OS.ClH/c1-3-25(4-2)10-11-26(19(27)14-12-13(21)8-9-15(14)22)20-24-18-16(23)6-5-7-17(18)28-20;/h5-9,12H,3-4,10-11H2,1-2H3;1H. The van der Waals surface area contributed by atoms with E-state index in [1.165, 1.54) is 17.4 Å². The summed E-state index contributed by atoms with van der Waals surface area (Å²) in [6, 6.07) is 9.56. The number of rotatable bonds is 7. The molecule has 0 atom stereocenters. The minimum atomic E-state index is -0.406. The van der Waals surface area contributed by atoms with Gasteiger partial charge in [0.1, 0.15) is 11.3 Å². The number of hydrogen-bond donors (Lipinski definition) is 0. The minimum Gasteiger partial charge on any atom is -0.302 e. The number of thiazole rings is 1. The predicted molar refractivity (Wildman–Crippen MR) is 123 cm³/mol. The lowest BCUT2D eigenvalue weighted by Gasteiger charge is -2.25. The van der Waals surface area contributed by atoms with E-state index in [4.69, 9.17) is 23.2 Å². The van der Waals surface area contributed by atoms with Crippen molar-refractivity contribution in [3.05, 3.63) is 57.8 Å². The fourth-order valence-electron chi connectivity index (χ4n) is 2.89. The van der Waals surface area contributed by atoms with Crippen LogP contribution in [0.3, 0.4) is 0 Å². The summed E-state index contributed by atoms with van der Waals surface area (Å²) < 4.78 is 14.8. The Hall–Kier alpha value is -1.44. The predicted octanol–water partition coefficient (Wildman–Crippen LogP) is 6.15. The van der Waals surface area contributed by atoms with Crippen molar-refractivity contribution in [2.75, 3.05) is 31.1 Å². The third-order valence-corrected chi connectivity index (χ3v) is 6.14. The first-order valence-electron chi connectivity index (χ1n) is 8.98. The fourth-order valence-corrected chi connectivity index (χ4v) is 4.27. The van der Waals surface area contributed by atoms with Gasteiger partial charge in [-0.1, -0.05) is 54.5 Å². The monoisotopic (exact) mass is 475 g/mol. The number of amides is 1. The van der Waals surface area contributed by atoms with Gasteiger partial charge >= 0.3 is 0 Å². The zero-order chi connectivity index (χ0) is 20.3. The van der Waals surface area contributed by atoms with Gasteiger partial charge in [0.05, 0.1) is 15.3 Å². The van der Waals surface area contributed by atoms with Crippen LogP contribution >= 0.6 is 46.9 Å². The van der Waals surface area contributed by atoms with E-state index in [9.17, 15) is 9.18 Å². The van der Waals surface area contributed by atoms with Crippen LogP contribution in [0, 0.1) is 5.82 Å². The van der Waals surface area contributed by atoms with Crippen LogP contribution in [-0.4, -0.2) is 42.0 Å². The van der Waals surface area contributed by atoms with E-state index in [1.807, 2.05) is 0 Å². The molecular weight excluding hydrogens is 456 g/mol. The second-order valence-corrected chi connectivity index (χ2v) is 8.04. The van der Waals surface area contributed by atoms with Crippen LogP contribution < -0.4 is 4.90 Å². The molecule has 0 aliphatic carbocycles. The molecule has 29 heavy (non-hydrogen) atoms. The molecule has 0 spiro atoms. The minimum absolute atomic E-state index is 0. The molecule has 0 N–H and O–H groups in total. The normalized spacial score (nSPS) is 11.0. The van der Waals surface area contributed by atoms with Crippen molar-refractivity contribution in [2.45, 2.75) is 13.8 Å². The molecule has 4 nitrogen and oxygen atoms in total. The first kappa shape index (κ1) is 23.8. The third kappa shape index (κ3) is 5.38. The van der Waals surface area contributed by atoms with Gasteiger partial charge in [-0.15, -0.1) is 12.4 Å². The maximum absolute atomic E-state index is 14.1. The number of aromatic nitrogens is 1. The van der Waals surface area contributed by atoms with Gasteiger partial charge in [-0.25, -0.2) is 9.37 Å². The molecule has 1 heterocycles. The van der Waals surface area contributed by atoms with Gasteiger partial charge in [0.25, 0.3) is 5.91 Å². The molecule has 0 aliphatic heterocycles. The molecule has 0 aliphatic rings. The number of hydrogen-bond acceptors (Lipinski definition) is 4. The molecule has 2 aromatic carbocycles. The molecule has 3 rings (SSSR count). The molecule has 0 saturated carbocycles. The number of fused-ring (bicyclic) bond motifs is 1. The van der Waals surface area contributed by atoms with Gasteiger partial charge in [0.2, 0.25) is 0 Å². The largest absolute Gasteiger partial charge is 0.302 e. The van der Waals surface area contributed by atoms with Crippen molar-refractivity contribution in [3.63, 3.8) is 0 Å². The lowest BCUT2D eigenvalue weighted by Crippen LogP contribution is -2.39. The maximum atomic E-state index is 14.1. The van der Waals surface area contributed by atoms with Crippen molar-refractivity contribution in [3.8, 4) is 0 Å². The van der Waals surface area contributed by atoms with Crippen LogP contribution in [0.1, 0.15) is 24.2 Å². The summed E-state index contributed by atoms with van der Waals surface area (Å²) in [4.78, 5) is 21.5. The Morgan fingerprint density at radius 1 is 1.14 bits per heavy atom. The number of halogens is 4. The first-order chi connectivity index (χ1) is 13.4. The highest BCUT2D eigenvalue weighted by atomic mass is 35.5. The summed E-state index contributed by atoms with van der Waals surface area (Å²) in [7, 11) is 0. The zero-order valence-corrected chi connectivity index (χ0v) is 19.1. The van der Waals surface area contributed by atoms with E-state index in [0.717, 1.165) is 13.1 Å². The van der Waals surface area contributed by atoms with E-state index in [2.05, 4.69) is 23.7 Å². The van der Waals surface area contributed by atoms with Crippen molar-refractivity contribution < 1.29 is 9.18 Å². The van der Waals surface area contributed by atoms with Crippen LogP contribution in [0.15, 0.2) is 36.4 Å². The summed E-state index contributed by atoms with van der Waals surface area (Å²) >= 11 is 13.6. The maximum Gasteiger partial charge on any atom is 0.261 e. The number of anilines is 1. The summed E-state index contributed by atoms with van der Waals surface area (Å²) in [5.74, 6) is -0.712. The van der Waals surface area contributed by atoms with E-state index in [1.54, 1.807) is 35.2 Å². The Morgan fingerprint density at radius 3 is 2.52 bits per heavy atom. The average Bonchev–Trinajstić information content (AvgIpc) is 3.12. The number of likely N-dealkylation sites (N-methyl/N-ethyl adjacent to an activating group) is 1. The van der Waals surface area contributed by atoms with Gasteiger partial charge in [-0.3, -0.25) is 9.69 Å². The van der Waals surface area contributed by atoms with Crippen molar-refractivity contribution in [1.29, 1.82) is 0 Å². The topological polar surface area (TPSA) is 36.4 Å². The summed E-state index contributed by atoms with van der Waals surface area (Å²) in [6.07, 6.45) is 0. The average molecular weight is 477 g/mol. The van der Waals surface area contributed by atoms with E-state index in [-0.39, 0.29) is 23.8 Å². The zero-order valence-electron chi connectivity index (χ0n) is 16.0. The molecule has 0 radical (unpaired) electrons. The molecule has 156 valence electrons.